The Bertz CT molecular complexity index is 410. The lowest BCUT2D eigenvalue weighted by molar-refractivity contribution is -0.154. The second-order valence-electron chi connectivity index (χ2n) is 6.12. The van der Waals surface area contributed by atoms with Crippen molar-refractivity contribution < 1.29 is 9.53 Å². The van der Waals surface area contributed by atoms with E-state index in [0.29, 0.717) is 11.1 Å². The van der Waals surface area contributed by atoms with Crippen molar-refractivity contribution in [2.24, 2.45) is 5.41 Å². The van der Waals surface area contributed by atoms with Crippen molar-refractivity contribution in [2.75, 3.05) is 27.2 Å². The monoisotopic (exact) mass is 264 g/mol. The zero-order valence-corrected chi connectivity index (χ0v) is 12.8. The van der Waals surface area contributed by atoms with Crippen LogP contribution < -0.4 is 4.48 Å². The van der Waals surface area contributed by atoms with E-state index in [2.05, 4.69) is 26.2 Å². The number of benzene rings is 1. The van der Waals surface area contributed by atoms with Crippen LogP contribution in [0.4, 0.5) is 5.69 Å². The molecule has 0 heterocycles. The molecule has 19 heavy (non-hydrogen) atoms. The topological polar surface area (TPSA) is 26.3 Å². The van der Waals surface area contributed by atoms with Crippen LogP contribution in [0, 0.1) is 5.41 Å². The van der Waals surface area contributed by atoms with Crippen molar-refractivity contribution in [3.63, 3.8) is 0 Å². The lowest BCUT2D eigenvalue weighted by Crippen LogP contribution is -2.44. The van der Waals surface area contributed by atoms with Gasteiger partial charge in [-0.2, -0.15) is 0 Å². The number of ether oxygens (including phenoxy) is 1. The number of esters is 1. The standard InChI is InChI=1S/C16H26NO2/c1-6-16(2,3)15(18)19-13-12-17(4,5)14-10-8-7-9-11-14/h7-11H,6,12-13H2,1-5H3/q+1. The third-order valence-electron chi connectivity index (χ3n) is 3.78. The van der Waals surface area contributed by atoms with Crippen molar-refractivity contribution in [3.8, 4) is 0 Å². The molecule has 0 unspecified atom stereocenters. The van der Waals surface area contributed by atoms with Gasteiger partial charge in [0.1, 0.15) is 18.8 Å². The first-order chi connectivity index (χ1) is 8.79. The van der Waals surface area contributed by atoms with Gasteiger partial charge in [-0.1, -0.05) is 25.1 Å². The highest BCUT2D eigenvalue weighted by molar-refractivity contribution is 5.75. The summed E-state index contributed by atoms with van der Waals surface area (Å²) in [6, 6.07) is 10.3. The van der Waals surface area contributed by atoms with E-state index < -0.39 is 0 Å². The largest absolute Gasteiger partial charge is 0.459 e. The van der Waals surface area contributed by atoms with E-state index in [1.54, 1.807) is 0 Å². The fraction of sp³-hybridized carbons (Fsp3) is 0.562. The second-order valence-corrected chi connectivity index (χ2v) is 6.12. The molecule has 1 rings (SSSR count). The van der Waals surface area contributed by atoms with Gasteiger partial charge in [-0.3, -0.25) is 9.28 Å². The molecular weight excluding hydrogens is 238 g/mol. The predicted molar refractivity (Wildman–Crippen MR) is 80.0 cm³/mol. The van der Waals surface area contributed by atoms with E-state index in [0.717, 1.165) is 13.0 Å². The predicted octanol–water partition coefficient (Wildman–Crippen LogP) is 3.23. The third kappa shape index (κ3) is 4.35. The van der Waals surface area contributed by atoms with Crippen LogP contribution in [0.1, 0.15) is 27.2 Å². The summed E-state index contributed by atoms with van der Waals surface area (Å²) in [5, 5.41) is 0. The molecule has 0 bridgehead atoms. The summed E-state index contributed by atoms with van der Waals surface area (Å²) in [6.07, 6.45) is 0.794. The fourth-order valence-electron chi connectivity index (χ4n) is 1.67. The van der Waals surface area contributed by atoms with Crippen LogP contribution in [0.3, 0.4) is 0 Å². The summed E-state index contributed by atoms with van der Waals surface area (Å²) in [6.45, 7) is 7.07. The number of carbonyl (C=O) groups is 1. The zero-order chi connectivity index (χ0) is 14.5. The maximum Gasteiger partial charge on any atom is 0.311 e. The van der Waals surface area contributed by atoms with E-state index in [4.69, 9.17) is 4.74 Å². The van der Waals surface area contributed by atoms with Gasteiger partial charge < -0.3 is 4.74 Å². The molecular formula is C16H26NO2+. The van der Waals surface area contributed by atoms with Gasteiger partial charge in [0, 0.05) is 0 Å². The number of carbonyl (C=O) groups excluding carboxylic acids is 1. The summed E-state index contributed by atoms with van der Waals surface area (Å²) in [5.41, 5.74) is 0.831. The van der Waals surface area contributed by atoms with Gasteiger partial charge >= 0.3 is 5.97 Å². The first kappa shape index (κ1) is 15.7. The summed E-state index contributed by atoms with van der Waals surface area (Å²) in [7, 11) is 4.24. The van der Waals surface area contributed by atoms with Gasteiger partial charge in [-0.05, 0) is 32.4 Å². The molecule has 106 valence electrons. The van der Waals surface area contributed by atoms with Gasteiger partial charge in [-0.25, -0.2) is 0 Å². The molecule has 0 saturated heterocycles. The molecule has 1 aromatic rings. The Morgan fingerprint density at radius 3 is 2.32 bits per heavy atom. The summed E-state index contributed by atoms with van der Waals surface area (Å²) >= 11 is 0. The number of likely N-dealkylation sites (N-methyl/N-ethyl adjacent to an activating group) is 1. The summed E-state index contributed by atoms with van der Waals surface area (Å²) in [5.74, 6) is -0.108. The lowest BCUT2D eigenvalue weighted by Gasteiger charge is -2.29. The molecule has 0 aliphatic rings. The first-order valence-electron chi connectivity index (χ1n) is 6.85. The molecule has 0 radical (unpaired) electrons. The highest BCUT2D eigenvalue weighted by Crippen LogP contribution is 2.22. The number of para-hydroxylation sites is 1. The number of hydrogen-bond acceptors (Lipinski definition) is 2. The molecule has 0 aliphatic carbocycles. The molecule has 0 atom stereocenters. The minimum absolute atomic E-state index is 0.108. The van der Waals surface area contributed by atoms with E-state index >= 15 is 0 Å². The van der Waals surface area contributed by atoms with Gasteiger partial charge in [0.2, 0.25) is 0 Å². The maximum atomic E-state index is 11.9. The Morgan fingerprint density at radius 1 is 1.21 bits per heavy atom. The van der Waals surface area contributed by atoms with Crippen LogP contribution in [0.2, 0.25) is 0 Å². The van der Waals surface area contributed by atoms with Crippen LogP contribution in [-0.2, 0) is 9.53 Å². The van der Waals surface area contributed by atoms with Crippen LogP contribution in [-0.4, -0.2) is 33.2 Å². The van der Waals surface area contributed by atoms with E-state index in [1.165, 1.54) is 5.69 Å². The Kier molecular flexibility index (Phi) is 5.12. The smallest absolute Gasteiger partial charge is 0.311 e. The Morgan fingerprint density at radius 2 is 1.79 bits per heavy atom. The third-order valence-corrected chi connectivity index (χ3v) is 3.78. The number of rotatable bonds is 6. The van der Waals surface area contributed by atoms with Crippen molar-refractivity contribution in [1.29, 1.82) is 0 Å². The Labute approximate surface area is 116 Å². The maximum absolute atomic E-state index is 11.9. The van der Waals surface area contributed by atoms with Crippen molar-refractivity contribution in [3.05, 3.63) is 30.3 Å². The molecule has 3 heteroatoms. The second kappa shape index (κ2) is 6.20. The highest BCUT2D eigenvalue weighted by atomic mass is 16.5. The molecule has 0 saturated carbocycles. The van der Waals surface area contributed by atoms with Crippen molar-refractivity contribution >= 4 is 11.7 Å². The minimum atomic E-state index is -0.385. The van der Waals surface area contributed by atoms with Gasteiger partial charge in [0.25, 0.3) is 0 Å². The first-order valence-corrected chi connectivity index (χ1v) is 6.85. The Hall–Kier alpha value is -1.35. The lowest BCUT2D eigenvalue weighted by atomic mass is 9.91. The summed E-state index contributed by atoms with van der Waals surface area (Å²) in [4.78, 5) is 11.9. The fourth-order valence-corrected chi connectivity index (χ4v) is 1.67. The van der Waals surface area contributed by atoms with Crippen LogP contribution in [0.15, 0.2) is 30.3 Å². The van der Waals surface area contributed by atoms with Crippen molar-refractivity contribution in [1.82, 2.24) is 4.48 Å². The van der Waals surface area contributed by atoms with Gasteiger partial charge in [-0.15, -0.1) is 0 Å². The quantitative estimate of drug-likeness (QED) is 0.582. The average molecular weight is 264 g/mol. The van der Waals surface area contributed by atoms with Crippen LogP contribution in [0.5, 0.6) is 0 Å². The molecule has 0 aromatic heterocycles. The minimum Gasteiger partial charge on any atom is -0.459 e. The molecule has 0 fully saturated rings. The van der Waals surface area contributed by atoms with Crippen LogP contribution in [0.25, 0.3) is 0 Å². The van der Waals surface area contributed by atoms with E-state index in [1.807, 2.05) is 39.0 Å². The van der Waals surface area contributed by atoms with Crippen LogP contribution >= 0.6 is 0 Å². The zero-order valence-electron chi connectivity index (χ0n) is 12.8. The Balaban J connectivity index is 2.51. The molecule has 0 aliphatic heterocycles. The van der Waals surface area contributed by atoms with E-state index in [-0.39, 0.29) is 11.4 Å². The number of nitrogens with zero attached hydrogens (tertiary/aromatic N) is 1. The van der Waals surface area contributed by atoms with E-state index in [9.17, 15) is 4.79 Å². The number of quaternary nitrogens is 1. The summed E-state index contributed by atoms with van der Waals surface area (Å²) < 4.78 is 6.11. The molecule has 1 aromatic carbocycles. The average Bonchev–Trinajstić information content (AvgIpc) is 2.39. The SMILES string of the molecule is CCC(C)(C)C(=O)OCC[N+](C)(C)c1ccccc1. The van der Waals surface area contributed by atoms with Gasteiger partial charge in [0.15, 0.2) is 0 Å². The highest BCUT2D eigenvalue weighted by Gasteiger charge is 2.28. The molecule has 3 nitrogen and oxygen atoms in total. The number of hydrogen-bond donors (Lipinski definition) is 0. The van der Waals surface area contributed by atoms with Crippen molar-refractivity contribution in [2.45, 2.75) is 27.2 Å². The molecule has 0 N–H and O–H groups in total. The normalized spacial score (nSPS) is 12.3. The van der Waals surface area contributed by atoms with Gasteiger partial charge in [0.05, 0.1) is 19.5 Å². The molecule has 0 amide bonds. The molecule has 0 spiro atoms.